The molecule has 6 atom stereocenters. The Morgan fingerprint density at radius 1 is 0.529 bits per heavy atom. The lowest BCUT2D eigenvalue weighted by Crippen LogP contribution is -2.60. The average Bonchev–Trinajstić information content (AvgIpc) is 3.15. The number of nitrogens with zero attached hydrogens (tertiary/aromatic N) is 2. The lowest BCUT2D eigenvalue weighted by atomic mass is 9.52. The van der Waals surface area contributed by atoms with Gasteiger partial charge < -0.3 is 10.2 Å². The minimum absolute atomic E-state index is 0. The number of fused-ring (bicyclic) bond motifs is 2. The van der Waals surface area contributed by atoms with Gasteiger partial charge in [-0.15, -0.1) is 17.0 Å². The second-order valence-corrected chi connectivity index (χ2v) is 16.7. The Morgan fingerprint density at radius 3 is 1.39 bits per heavy atom. The Balaban J connectivity index is 0.000000144. The monoisotopic (exact) mass is 746 g/mol. The van der Waals surface area contributed by atoms with Crippen molar-refractivity contribution in [2.45, 2.75) is 113 Å². The minimum Gasteiger partial charge on any atom is -0.508 e. The van der Waals surface area contributed by atoms with Gasteiger partial charge in [-0.25, -0.2) is 0 Å². The summed E-state index contributed by atoms with van der Waals surface area (Å²) in [7, 11) is 0. The fraction of sp³-hybridized carbons (Fsp3) is 0.478. The molecule has 0 spiro atoms. The van der Waals surface area contributed by atoms with Gasteiger partial charge in [0.15, 0.2) is 0 Å². The standard InChI is InChI=1S/2C23H27NO.BrH/c2*25-19-10-9-18-14-22-20-8-4-5-11-23(20,21(18)15-19)12-13-24(22)16-17-6-2-1-3-7-17;/h2*1-3,6-7,9-10,15,20,22,25H,4-5,8,11-14,16H2;1H/t2*20-,22+,23+;/m11./s1. The van der Waals surface area contributed by atoms with E-state index in [2.05, 4.69) is 94.7 Å². The fourth-order valence-electron chi connectivity index (χ4n) is 12.2. The smallest absolute Gasteiger partial charge is 0.115 e. The predicted octanol–water partition coefficient (Wildman–Crippen LogP) is 9.88. The van der Waals surface area contributed by atoms with Gasteiger partial charge in [-0.1, -0.05) is 98.5 Å². The summed E-state index contributed by atoms with van der Waals surface area (Å²) in [4.78, 5) is 5.50. The molecule has 5 heteroatoms. The van der Waals surface area contributed by atoms with Gasteiger partial charge in [0.2, 0.25) is 0 Å². The molecule has 6 aliphatic rings. The zero-order chi connectivity index (χ0) is 33.7. The number of hydrogen-bond acceptors (Lipinski definition) is 4. The van der Waals surface area contributed by atoms with Crippen LogP contribution in [-0.4, -0.2) is 45.2 Å². The molecule has 0 amide bonds. The molecule has 268 valence electrons. The van der Waals surface area contributed by atoms with Crippen molar-refractivity contribution < 1.29 is 10.2 Å². The molecule has 0 aromatic heterocycles. The number of piperidine rings is 2. The highest BCUT2D eigenvalue weighted by molar-refractivity contribution is 8.93. The van der Waals surface area contributed by atoms with Gasteiger partial charge >= 0.3 is 0 Å². The van der Waals surface area contributed by atoms with Crippen LogP contribution in [0.2, 0.25) is 0 Å². The van der Waals surface area contributed by atoms with E-state index in [-0.39, 0.29) is 17.0 Å². The third-order valence-electron chi connectivity index (χ3n) is 14.3. The van der Waals surface area contributed by atoms with Crippen LogP contribution in [0.1, 0.15) is 97.6 Å². The number of phenolic OH excluding ortho intramolecular Hbond substituents is 2. The molecular weight excluding hydrogens is 692 g/mol. The average molecular weight is 748 g/mol. The SMILES string of the molecule is Br.Oc1ccc2c(c1)[C@]13CCCC[C@@H]1[C@H](C2)N(Cc1ccccc1)CC3.Oc1ccc2c(c1)[C@]13CCCC[C@@H]1[C@H](C2)N(Cc1ccccc1)CC3. The van der Waals surface area contributed by atoms with E-state index < -0.39 is 0 Å². The van der Waals surface area contributed by atoms with Gasteiger partial charge in [0.1, 0.15) is 11.5 Å². The van der Waals surface area contributed by atoms with E-state index in [9.17, 15) is 10.2 Å². The predicted molar refractivity (Wildman–Crippen MR) is 212 cm³/mol. The van der Waals surface area contributed by atoms with Crippen LogP contribution in [-0.2, 0) is 36.8 Å². The van der Waals surface area contributed by atoms with Crippen molar-refractivity contribution in [1.82, 2.24) is 9.80 Å². The normalized spacial score (nSPS) is 30.6. The lowest BCUT2D eigenvalue weighted by molar-refractivity contribution is -0.0157. The molecule has 4 bridgehead atoms. The van der Waals surface area contributed by atoms with Crippen LogP contribution in [0.25, 0.3) is 0 Å². The topological polar surface area (TPSA) is 46.9 Å². The number of rotatable bonds is 4. The Hall–Kier alpha value is -3.12. The number of aromatic hydroxyl groups is 2. The lowest BCUT2D eigenvalue weighted by Gasteiger charge is -2.59. The first-order chi connectivity index (χ1) is 24.5. The third-order valence-corrected chi connectivity index (χ3v) is 14.3. The van der Waals surface area contributed by atoms with Crippen LogP contribution >= 0.6 is 17.0 Å². The minimum atomic E-state index is 0. The van der Waals surface area contributed by atoms with E-state index in [0.717, 1.165) is 37.8 Å². The molecule has 4 aromatic rings. The van der Waals surface area contributed by atoms with Crippen molar-refractivity contribution in [1.29, 1.82) is 0 Å². The molecule has 2 N–H and O–H groups in total. The first-order valence-electron chi connectivity index (χ1n) is 19.7. The fourth-order valence-corrected chi connectivity index (χ4v) is 12.2. The number of benzene rings is 4. The third kappa shape index (κ3) is 6.25. The van der Waals surface area contributed by atoms with Crippen LogP contribution < -0.4 is 0 Å². The van der Waals surface area contributed by atoms with Crippen molar-refractivity contribution in [3.05, 3.63) is 130 Å². The molecule has 4 aromatic carbocycles. The summed E-state index contributed by atoms with van der Waals surface area (Å²) < 4.78 is 0. The zero-order valence-corrected chi connectivity index (χ0v) is 31.8. The summed E-state index contributed by atoms with van der Waals surface area (Å²) in [6.07, 6.45) is 15.5. The van der Waals surface area contributed by atoms with Crippen LogP contribution in [0.4, 0.5) is 0 Å². The summed E-state index contributed by atoms with van der Waals surface area (Å²) in [5, 5.41) is 20.2. The van der Waals surface area contributed by atoms with Gasteiger partial charge in [-0.2, -0.15) is 0 Å². The van der Waals surface area contributed by atoms with Crippen molar-refractivity contribution in [2.24, 2.45) is 11.8 Å². The van der Waals surface area contributed by atoms with Crippen LogP contribution in [0.15, 0.2) is 97.1 Å². The molecule has 2 saturated heterocycles. The maximum atomic E-state index is 10.1. The maximum absolute atomic E-state index is 10.1. The number of hydrogen-bond donors (Lipinski definition) is 2. The highest BCUT2D eigenvalue weighted by Gasteiger charge is 2.55. The van der Waals surface area contributed by atoms with Crippen LogP contribution in [0.3, 0.4) is 0 Å². The second kappa shape index (κ2) is 14.4. The van der Waals surface area contributed by atoms with Gasteiger partial charge in [-0.05, 0) is 134 Å². The number of halogens is 1. The highest BCUT2D eigenvalue weighted by atomic mass is 79.9. The quantitative estimate of drug-likeness (QED) is 0.218. The number of phenols is 2. The summed E-state index contributed by atoms with van der Waals surface area (Å²) >= 11 is 0. The van der Waals surface area contributed by atoms with Crippen LogP contribution in [0.5, 0.6) is 11.5 Å². The Morgan fingerprint density at radius 2 is 0.961 bits per heavy atom. The molecule has 2 saturated carbocycles. The van der Waals surface area contributed by atoms with Gasteiger partial charge in [0.05, 0.1) is 0 Å². The van der Waals surface area contributed by atoms with Crippen LogP contribution in [0, 0.1) is 11.8 Å². The molecule has 51 heavy (non-hydrogen) atoms. The first kappa shape index (κ1) is 34.9. The molecule has 10 rings (SSSR count). The Bertz CT molecular complexity index is 1680. The molecule has 0 radical (unpaired) electrons. The Kier molecular flexibility index (Phi) is 9.84. The molecule has 4 fully saturated rings. The van der Waals surface area contributed by atoms with E-state index in [4.69, 9.17) is 0 Å². The molecule has 4 nitrogen and oxygen atoms in total. The number of likely N-dealkylation sites (tertiary alicyclic amines) is 2. The summed E-state index contributed by atoms with van der Waals surface area (Å²) in [5.41, 5.74) is 9.44. The van der Waals surface area contributed by atoms with Crippen molar-refractivity contribution in [2.75, 3.05) is 13.1 Å². The van der Waals surface area contributed by atoms with E-state index in [1.165, 1.54) is 111 Å². The summed E-state index contributed by atoms with van der Waals surface area (Å²) in [6.45, 7) is 4.52. The molecule has 4 aliphatic carbocycles. The second-order valence-electron chi connectivity index (χ2n) is 16.7. The zero-order valence-electron chi connectivity index (χ0n) is 30.1. The van der Waals surface area contributed by atoms with Crippen molar-refractivity contribution in [3.63, 3.8) is 0 Å². The molecule has 2 heterocycles. The van der Waals surface area contributed by atoms with Crippen molar-refractivity contribution in [3.8, 4) is 11.5 Å². The van der Waals surface area contributed by atoms with Gasteiger partial charge in [-0.3, -0.25) is 9.80 Å². The van der Waals surface area contributed by atoms with Gasteiger partial charge in [0, 0.05) is 36.0 Å². The first-order valence-corrected chi connectivity index (χ1v) is 19.7. The Labute approximate surface area is 315 Å². The highest BCUT2D eigenvalue weighted by Crippen LogP contribution is 2.57. The molecular formula is C46H55BrN2O2. The summed E-state index contributed by atoms with van der Waals surface area (Å²) in [5.74, 6) is 2.41. The van der Waals surface area contributed by atoms with Crippen molar-refractivity contribution >= 4 is 17.0 Å². The molecule has 0 unspecified atom stereocenters. The summed E-state index contributed by atoms with van der Waals surface area (Å²) in [6, 6.07) is 35.5. The van der Waals surface area contributed by atoms with E-state index in [1.54, 1.807) is 0 Å². The largest absolute Gasteiger partial charge is 0.508 e. The molecule has 2 aliphatic heterocycles. The van der Waals surface area contributed by atoms with E-state index in [1.807, 2.05) is 12.1 Å². The van der Waals surface area contributed by atoms with Gasteiger partial charge in [0.25, 0.3) is 0 Å². The van der Waals surface area contributed by atoms with E-state index >= 15 is 0 Å². The van der Waals surface area contributed by atoms with E-state index in [0.29, 0.717) is 34.4 Å². The maximum Gasteiger partial charge on any atom is 0.115 e.